The summed E-state index contributed by atoms with van der Waals surface area (Å²) in [4.78, 5) is 25.2. The molecule has 1 N–H and O–H groups in total. The third-order valence-electron chi connectivity index (χ3n) is 4.32. The van der Waals surface area contributed by atoms with Crippen molar-refractivity contribution in [3.05, 3.63) is 41.7 Å². The predicted molar refractivity (Wildman–Crippen MR) is 101 cm³/mol. The van der Waals surface area contributed by atoms with E-state index in [1.165, 1.54) is 0 Å². The second kappa shape index (κ2) is 7.70. The van der Waals surface area contributed by atoms with Crippen LogP contribution in [0.1, 0.15) is 12.8 Å². The monoisotopic (exact) mass is 359 g/mol. The second-order valence-electron chi connectivity index (χ2n) is 6.38. The normalized spacial score (nSPS) is 17.2. The number of nitrogens with one attached hydrogen (secondary N) is 1. The van der Waals surface area contributed by atoms with Gasteiger partial charge in [-0.2, -0.15) is 0 Å². The zero-order valence-corrected chi connectivity index (χ0v) is 15.2. The molecule has 0 bridgehead atoms. The summed E-state index contributed by atoms with van der Waals surface area (Å²) in [5.41, 5.74) is 1.64. The molecule has 6 nitrogen and oxygen atoms in total. The highest BCUT2D eigenvalue weighted by Gasteiger charge is 2.27. The number of rotatable bonds is 4. The van der Waals surface area contributed by atoms with E-state index in [0.29, 0.717) is 23.2 Å². The van der Waals surface area contributed by atoms with Crippen molar-refractivity contribution in [1.82, 2.24) is 9.97 Å². The predicted octanol–water partition coefficient (Wildman–Crippen LogP) is 3.05. The number of hydrogen-bond acceptors (Lipinski definition) is 5. The van der Waals surface area contributed by atoms with Gasteiger partial charge in [0.05, 0.1) is 16.6 Å². The number of carbonyl (C=O) groups excluding carboxylic acids is 1. The van der Waals surface area contributed by atoms with Crippen LogP contribution in [0.4, 0.5) is 17.3 Å². The van der Waals surface area contributed by atoms with Crippen LogP contribution in [0.3, 0.4) is 0 Å². The molecule has 0 saturated carbocycles. The van der Waals surface area contributed by atoms with Gasteiger partial charge in [0.15, 0.2) is 0 Å². The highest BCUT2D eigenvalue weighted by Crippen LogP contribution is 2.28. The lowest BCUT2D eigenvalue weighted by atomic mass is 9.97. The Morgan fingerprint density at radius 2 is 2.08 bits per heavy atom. The molecular weight excluding hydrogens is 338 g/mol. The second-order valence-corrected chi connectivity index (χ2v) is 6.79. The summed E-state index contributed by atoms with van der Waals surface area (Å²) in [6, 6.07) is 7.36. The Morgan fingerprint density at radius 3 is 2.76 bits per heavy atom. The Kier molecular flexibility index (Phi) is 5.38. The minimum absolute atomic E-state index is 0.00861. The van der Waals surface area contributed by atoms with Crippen molar-refractivity contribution < 1.29 is 4.79 Å². The molecule has 1 atom stereocenters. The van der Waals surface area contributed by atoms with E-state index < -0.39 is 0 Å². The fourth-order valence-corrected chi connectivity index (χ4v) is 3.37. The van der Waals surface area contributed by atoms with Gasteiger partial charge in [-0.25, -0.2) is 9.97 Å². The minimum atomic E-state index is -0.0927. The molecule has 1 aliphatic heterocycles. The Hall–Kier alpha value is -2.34. The van der Waals surface area contributed by atoms with Crippen LogP contribution < -0.4 is 15.1 Å². The molecule has 2 heterocycles. The van der Waals surface area contributed by atoms with Gasteiger partial charge in [0, 0.05) is 45.3 Å². The van der Waals surface area contributed by atoms with Gasteiger partial charge >= 0.3 is 0 Å². The molecule has 25 heavy (non-hydrogen) atoms. The Morgan fingerprint density at radius 1 is 1.32 bits per heavy atom. The smallest absolute Gasteiger partial charge is 0.229 e. The number of amides is 1. The Labute approximate surface area is 152 Å². The van der Waals surface area contributed by atoms with Crippen LogP contribution in [-0.2, 0) is 4.79 Å². The van der Waals surface area contributed by atoms with Gasteiger partial charge < -0.3 is 15.1 Å². The molecule has 1 unspecified atom stereocenters. The first-order valence-electron chi connectivity index (χ1n) is 8.34. The van der Waals surface area contributed by atoms with Gasteiger partial charge in [-0.1, -0.05) is 11.6 Å². The lowest BCUT2D eigenvalue weighted by Crippen LogP contribution is -2.41. The van der Waals surface area contributed by atoms with Crippen LogP contribution in [-0.4, -0.2) is 43.1 Å². The maximum atomic E-state index is 12.6. The molecule has 1 amide bonds. The molecule has 0 aliphatic carbocycles. The molecular formula is C18H22ClN5O. The minimum Gasteiger partial charge on any atom is -0.376 e. The summed E-state index contributed by atoms with van der Waals surface area (Å²) in [5, 5.41) is 3.60. The summed E-state index contributed by atoms with van der Waals surface area (Å²) in [6.45, 7) is 1.50. The van der Waals surface area contributed by atoms with Crippen molar-refractivity contribution in [2.45, 2.75) is 12.8 Å². The molecule has 0 radical (unpaired) electrons. The van der Waals surface area contributed by atoms with E-state index in [1.807, 2.05) is 31.1 Å². The van der Waals surface area contributed by atoms with Crippen LogP contribution in [0.2, 0.25) is 5.02 Å². The number of piperidine rings is 1. The maximum Gasteiger partial charge on any atom is 0.229 e. The van der Waals surface area contributed by atoms with Crippen LogP contribution >= 0.6 is 11.6 Å². The van der Waals surface area contributed by atoms with E-state index in [1.54, 1.807) is 24.5 Å². The van der Waals surface area contributed by atoms with Crippen LogP contribution in [0.15, 0.2) is 36.7 Å². The molecule has 1 aromatic heterocycles. The molecule has 7 heteroatoms. The molecule has 132 valence electrons. The van der Waals surface area contributed by atoms with E-state index >= 15 is 0 Å². The number of halogens is 1. The number of benzene rings is 1. The number of carbonyl (C=O) groups is 1. The Bertz CT molecular complexity index is 738. The third kappa shape index (κ3) is 4.20. The topological polar surface area (TPSA) is 61.4 Å². The molecule has 1 fully saturated rings. The van der Waals surface area contributed by atoms with Crippen LogP contribution in [0.5, 0.6) is 0 Å². The highest BCUT2D eigenvalue weighted by atomic mass is 35.5. The molecule has 1 aromatic carbocycles. The van der Waals surface area contributed by atoms with E-state index in [4.69, 9.17) is 11.6 Å². The van der Waals surface area contributed by atoms with Crippen molar-refractivity contribution in [1.29, 1.82) is 0 Å². The van der Waals surface area contributed by atoms with Gasteiger partial charge in [0.25, 0.3) is 0 Å². The highest BCUT2D eigenvalue weighted by molar-refractivity contribution is 6.33. The van der Waals surface area contributed by atoms with Crippen molar-refractivity contribution in [3.8, 4) is 0 Å². The van der Waals surface area contributed by atoms with Gasteiger partial charge in [0.1, 0.15) is 0 Å². The fourth-order valence-electron chi connectivity index (χ4n) is 3.02. The Balaban J connectivity index is 1.66. The summed E-state index contributed by atoms with van der Waals surface area (Å²) >= 11 is 6.28. The number of hydrogen-bond donors (Lipinski definition) is 1. The first kappa shape index (κ1) is 17.5. The lowest BCUT2D eigenvalue weighted by Gasteiger charge is -2.31. The average molecular weight is 360 g/mol. The summed E-state index contributed by atoms with van der Waals surface area (Å²) in [6.07, 6.45) is 5.25. The van der Waals surface area contributed by atoms with Gasteiger partial charge in [-0.3, -0.25) is 4.79 Å². The molecule has 2 aromatic rings. The van der Waals surface area contributed by atoms with Crippen LogP contribution in [0, 0.1) is 5.92 Å². The van der Waals surface area contributed by atoms with E-state index in [0.717, 1.165) is 25.1 Å². The number of anilines is 3. The largest absolute Gasteiger partial charge is 0.376 e. The number of nitrogens with zero attached hydrogens (tertiary/aromatic N) is 4. The zero-order valence-electron chi connectivity index (χ0n) is 14.4. The van der Waals surface area contributed by atoms with Gasteiger partial charge in [-0.15, -0.1) is 0 Å². The molecule has 1 aliphatic rings. The number of aromatic nitrogens is 2. The van der Waals surface area contributed by atoms with Gasteiger partial charge in [-0.05, 0) is 37.1 Å². The summed E-state index contributed by atoms with van der Waals surface area (Å²) < 4.78 is 0. The average Bonchev–Trinajstić information content (AvgIpc) is 2.62. The maximum absolute atomic E-state index is 12.6. The molecule has 0 spiro atoms. The summed E-state index contributed by atoms with van der Waals surface area (Å²) in [5.74, 6) is 0.595. The lowest BCUT2D eigenvalue weighted by molar-refractivity contribution is -0.120. The third-order valence-corrected chi connectivity index (χ3v) is 4.63. The fraction of sp³-hybridized carbons (Fsp3) is 0.389. The van der Waals surface area contributed by atoms with Crippen LogP contribution in [0.25, 0.3) is 0 Å². The standard InChI is InChI=1S/C18H22ClN5O/c1-23(2)16-7-6-14(11-15(16)19)22-17(25)13-5-3-10-24(12-13)18-20-8-4-9-21-18/h4,6-9,11,13H,3,5,10,12H2,1-2H3,(H,22,25). The van der Waals surface area contributed by atoms with E-state index in [2.05, 4.69) is 20.2 Å². The van der Waals surface area contributed by atoms with Crippen molar-refractivity contribution in [2.24, 2.45) is 5.92 Å². The molecule has 3 rings (SSSR count). The SMILES string of the molecule is CN(C)c1ccc(NC(=O)C2CCCN(c3ncccn3)C2)cc1Cl. The quantitative estimate of drug-likeness (QED) is 0.909. The zero-order chi connectivity index (χ0) is 17.8. The molecule has 1 saturated heterocycles. The first-order chi connectivity index (χ1) is 12.0. The van der Waals surface area contributed by atoms with E-state index in [9.17, 15) is 4.79 Å². The first-order valence-corrected chi connectivity index (χ1v) is 8.72. The van der Waals surface area contributed by atoms with Crippen molar-refractivity contribution in [2.75, 3.05) is 42.3 Å². The van der Waals surface area contributed by atoms with Crippen molar-refractivity contribution >= 4 is 34.8 Å². The van der Waals surface area contributed by atoms with Gasteiger partial charge in [0.2, 0.25) is 11.9 Å². The summed E-state index contributed by atoms with van der Waals surface area (Å²) in [7, 11) is 3.86. The van der Waals surface area contributed by atoms with E-state index in [-0.39, 0.29) is 11.8 Å². The van der Waals surface area contributed by atoms with Crippen molar-refractivity contribution in [3.63, 3.8) is 0 Å².